The molecule has 4 nitrogen and oxygen atoms in total. The normalized spacial score (nSPS) is 22.5. The van der Waals surface area contributed by atoms with Gasteiger partial charge in [0.2, 0.25) is 0 Å². The molecule has 23 heavy (non-hydrogen) atoms. The molecule has 2 saturated heterocycles. The highest BCUT2D eigenvalue weighted by molar-refractivity contribution is 5.96. The maximum Gasteiger partial charge on any atom is 0.254 e. The van der Waals surface area contributed by atoms with E-state index >= 15 is 0 Å². The van der Waals surface area contributed by atoms with Crippen molar-refractivity contribution in [3.8, 4) is 0 Å². The van der Waals surface area contributed by atoms with Gasteiger partial charge in [-0.15, -0.1) is 0 Å². The van der Waals surface area contributed by atoms with Crippen molar-refractivity contribution in [3.05, 3.63) is 35.4 Å². The van der Waals surface area contributed by atoms with Crippen LogP contribution in [-0.2, 0) is 6.42 Å². The van der Waals surface area contributed by atoms with Gasteiger partial charge in [-0.1, -0.05) is 24.6 Å². The van der Waals surface area contributed by atoms with Gasteiger partial charge < -0.3 is 10.2 Å². The first kappa shape index (κ1) is 16.5. The molecule has 1 amide bonds. The van der Waals surface area contributed by atoms with Crippen molar-refractivity contribution in [3.63, 3.8) is 0 Å². The zero-order valence-corrected chi connectivity index (χ0v) is 14.3. The molecule has 1 atom stereocenters. The first-order chi connectivity index (χ1) is 11.3. The number of nitrogens with one attached hydrogen (secondary N) is 1. The topological polar surface area (TPSA) is 35.6 Å². The molecule has 0 radical (unpaired) electrons. The standard InChI is InChI=1S/C19H29N3O/c1-20-11-9-16-7-3-4-8-18(16)19(23)22-14-10-17(15-22)21-12-5-2-6-13-21/h3-4,7-8,17,20H,2,5-6,9-15H2,1H3. The molecule has 2 fully saturated rings. The molecule has 0 aliphatic carbocycles. The van der Waals surface area contributed by atoms with Crippen LogP contribution in [0.25, 0.3) is 0 Å². The van der Waals surface area contributed by atoms with Gasteiger partial charge in [-0.2, -0.15) is 0 Å². The summed E-state index contributed by atoms with van der Waals surface area (Å²) in [7, 11) is 1.95. The molecule has 2 aliphatic heterocycles. The van der Waals surface area contributed by atoms with Crippen molar-refractivity contribution in [2.24, 2.45) is 0 Å². The molecule has 1 aromatic carbocycles. The molecule has 3 rings (SSSR count). The molecule has 1 N–H and O–H groups in total. The molecule has 1 unspecified atom stereocenters. The summed E-state index contributed by atoms with van der Waals surface area (Å²) in [4.78, 5) is 17.6. The van der Waals surface area contributed by atoms with Crippen molar-refractivity contribution in [2.75, 3.05) is 39.8 Å². The molecular weight excluding hydrogens is 286 g/mol. The third-order valence-corrected chi connectivity index (χ3v) is 5.25. The van der Waals surface area contributed by atoms with Crippen molar-refractivity contribution >= 4 is 5.91 Å². The summed E-state index contributed by atoms with van der Waals surface area (Å²) in [5.41, 5.74) is 2.05. The van der Waals surface area contributed by atoms with Crippen LogP contribution < -0.4 is 5.32 Å². The maximum absolute atomic E-state index is 12.9. The fourth-order valence-corrected chi connectivity index (χ4v) is 3.88. The number of piperidine rings is 1. The SMILES string of the molecule is CNCCc1ccccc1C(=O)N1CCC(N2CCCCC2)C1. The van der Waals surface area contributed by atoms with Gasteiger partial charge in [0, 0.05) is 24.7 Å². The Kier molecular flexibility index (Phi) is 5.68. The zero-order chi connectivity index (χ0) is 16.1. The van der Waals surface area contributed by atoms with Gasteiger partial charge in [0.25, 0.3) is 5.91 Å². The van der Waals surface area contributed by atoms with Crippen molar-refractivity contribution in [2.45, 2.75) is 38.1 Å². The number of likely N-dealkylation sites (N-methyl/N-ethyl adjacent to an activating group) is 1. The van der Waals surface area contributed by atoms with E-state index in [-0.39, 0.29) is 5.91 Å². The molecule has 1 aromatic rings. The Labute approximate surface area is 139 Å². The van der Waals surface area contributed by atoms with E-state index in [0.29, 0.717) is 6.04 Å². The van der Waals surface area contributed by atoms with E-state index in [0.717, 1.165) is 43.6 Å². The summed E-state index contributed by atoms with van der Waals surface area (Å²) in [5.74, 6) is 0.219. The summed E-state index contributed by atoms with van der Waals surface area (Å²) >= 11 is 0. The molecule has 4 heteroatoms. The van der Waals surface area contributed by atoms with E-state index in [1.54, 1.807) is 0 Å². The van der Waals surface area contributed by atoms with E-state index < -0.39 is 0 Å². The van der Waals surface area contributed by atoms with Crippen LogP contribution in [0.2, 0.25) is 0 Å². The molecular formula is C19H29N3O. The van der Waals surface area contributed by atoms with Crippen LogP contribution in [0.1, 0.15) is 41.6 Å². The molecule has 2 aliphatic rings. The lowest BCUT2D eigenvalue weighted by molar-refractivity contribution is 0.0770. The summed E-state index contributed by atoms with van der Waals surface area (Å²) in [6.07, 6.45) is 6.03. The quantitative estimate of drug-likeness (QED) is 0.904. The highest BCUT2D eigenvalue weighted by Crippen LogP contribution is 2.22. The van der Waals surface area contributed by atoms with Gasteiger partial charge >= 0.3 is 0 Å². The van der Waals surface area contributed by atoms with Crippen molar-refractivity contribution < 1.29 is 4.79 Å². The fraction of sp³-hybridized carbons (Fsp3) is 0.632. The number of rotatable bonds is 5. The van der Waals surface area contributed by atoms with Gasteiger partial charge in [0.05, 0.1) is 0 Å². The largest absolute Gasteiger partial charge is 0.337 e. The number of hydrogen-bond acceptors (Lipinski definition) is 3. The van der Waals surface area contributed by atoms with Crippen LogP contribution in [0.5, 0.6) is 0 Å². The minimum absolute atomic E-state index is 0.219. The lowest BCUT2D eigenvalue weighted by Gasteiger charge is -2.32. The van der Waals surface area contributed by atoms with Gasteiger partial charge in [0.15, 0.2) is 0 Å². The molecule has 0 aromatic heterocycles. The van der Waals surface area contributed by atoms with E-state index in [1.165, 1.54) is 32.4 Å². The first-order valence-electron chi connectivity index (χ1n) is 9.05. The van der Waals surface area contributed by atoms with Gasteiger partial charge in [-0.3, -0.25) is 9.69 Å². The molecule has 2 heterocycles. The number of hydrogen-bond donors (Lipinski definition) is 1. The van der Waals surface area contributed by atoms with Crippen molar-refractivity contribution in [1.29, 1.82) is 0 Å². The third kappa shape index (κ3) is 3.93. The number of amides is 1. The second-order valence-corrected chi connectivity index (χ2v) is 6.80. The molecule has 126 valence electrons. The average Bonchev–Trinajstić information content (AvgIpc) is 3.10. The Bertz CT molecular complexity index is 525. The van der Waals surface area contributed by atoms with Gasteiger partial charge in [-0.25, -0.2) is 0 Å². The van der Waals surface area contributed by atoms with Crippen LogP contribution >= 0.6 is 0 Å². The second kappa shape index (κ2) is 7.93. The van der Waals surface area contributed by atoms with Gasteiger partial charge in [-0.05, 0) is 64.0 Å². The van der Waals surface area contributed by atoms with E-state index in [9.17, 15) is 4.79 Å². The lowest BCUT2D eigenvalue weighted by atomic mass is 10.0. The van der Waals surface area contributed by atoms with E-state index in [2.05, 4.69) is 21.2 Å². The third-order valence-electron chi connectivity index (χ3n) is 5.25. The number of nitrogens with zero attached hydrogens (tertiary/aromatic N) is 2. The van der Waals surface area contributed by atoms with E-state index in [1.807, 2.05) is 25.2 Å². The van der Waals surface area contributed by atoms with Crippen molar-refractivity contribution in [1.82, 2.24) is 15.1 Å². The monoisotopic (exact) mass is 315 g/mol. The highest BCUT2D eigenvalue weighted by Gasteiger charge is 2.31. The molecule has 0 bridgehead atoms. The smallest absolute Gasteiger partial charge is 0.254 e. The number of likely N-dealkylation sites (tertiary alicyclic amines) is 2. The summed E-state index contributed by atoms with van der Waals surface area (Å²) in [6, 6.07) is 8.66. The Morgan fingerprint density at radius 1 is 1.17 bits per heavy atom. The minimum atomic E-state index is 0.219. The molecule has 0 spiro atoms. The van der Waals surface area contributed by atoms with Crippen LogP contribution in [-0.4, -0.2) is 61.5 Å². The van der Waals surface area contributed by atoms with Gasteiger partial charge in [0.1, 0.15) is 0 Å². The summed E-state index contributed by atoms with van der Waals surface area (Å²) < 4.78 is 0. The number of carbonyl (C=O) groups is 1. The Hall–Kier alpha value is -1.39. The van der Waals surface area contributed by atoms with Crippen LogP contribution in [0, 0.1) is 0 Å². The molecule has 0 saturated carbocycles. The second-order valence-electron chi connectivity index (χ2n) is 6.80. The Morgan fingerprint density at radius 3 is 2.74 bits per heavy atom. The van der Waals surface area contributed by atoms with Crippen LogP contribution in [0.4, 0.5) is 0 Å². The summed E-state index contributed by atoms with van der Waals surface area (Å²) in [5, 5.41) is 3.17. The Balaban J connectivity index is 1.64. The lowest BCUT2D eigenvalue weighted by Crippen LogP contribution is -2.41. The predicted molar refractivity (Wildman–Crippen MR) is 93.8 cm³/mol. The first-order valence-corrected chi connectivity index (χ1v) is 9.05. The van der Waals surface area contributed by atoms with Crippen LogP contribution in [0.3, 0.4) is 0 Å². The highest BCUT2D eigenvalue weighted by atomic mass is 16.2. The van der Waals surface area contributed by atoms with Crippen LogP contribution in [0.15, 0.2) is 24.3 Å². The minimum Gasteiger partial charge on any atom is -0.337 e. The fourth-order valence-electron chi connectivity index (χ4n) is 3.88. The van der Waals surface area contributed by atoms with E-state index in [4.69, 9.17) is 0 Å². The number of carbonyl (C=O) groups excluding carboxylic acids is 1. The average molecular weight is 315 g/mol. The predicted octanol–water partition coefficient (Wildman–Crippen LogP) is 2.15. The zero-order valence-electron chi connectivity index (χ0n) is 14.3. The maximum atomic E-state index is 12.9. The summed E-state index contributed by atoms with van der Waals surface area (Å²) in [6.45, 7) is 5.14. The number of benzene rings is 1. The Morgan fingerprint density at radius 2 is 1.96 bits per heavy atom.